The number of fused-ring (bicyclic) bond motifs is 5. The van der Waals surface area contributed by atoms with E-state index in [0.29, 0.717) is 48.9 Å². The van der Waals surface area contributed by atoms with E-state index in [9.17, 15) is 18.3 Å². The molecular formula is C24H40O7S. The lowest BCUT2D eigenvalue weighted by Crippen LogP contribution is -2.59. The van der Waals surface area contributed by atoms with Gasteiger partial charge >= 0.3 is 16.4 Å². The molecule has 32 heavy (non-hydrogen) atoms. The van der Waals surface area contributed by atoms with E-state index in [1.165, 1.54) is 0 Å². The fraction of sp³-hybridized carbons (Fsp3) is 0.958. The Hall–Kier alpha value is -0.700. The van der Waals surface area contributed by atoms with E-state index in [1.807, 2.05) is 0 Å². The van der Waals surface area contributed by atoms with Gasteiger partial charge in [0, 0.05) is 6.42 Å². The molecule has 0 aromatic carbocycles. The van der Waals surface area contributed by atoms with E-state index in [2.05, 4.69) is 20.8 Å². The van der Waals surface area contributed by atoms with E-state index in [4.69, 9.17) is 13.8 Å². The number of aliphatic hydroxyl groups is 1. The Bertz CT molecular complexity index is 828. The molecular weight excluding hydrogens is 432 g/mol. The summed E-state index contributed by atoms with van der Waals surface area (Å²) in [5.41, 5.74) is -0.106. The average molecular weight is 473 g/mol. The summed E-state index contributed by atoms with van der Waals surface area (Å²) in [7, 11) is -4.43. The second-order valence-corrected chi connectivity index (χ2v) is 12.8. The van der Waals surface area contributed by atoms with Gasteiger partial charge in [-0.05, 0) is 104 Å². The van der Waals surface area contributed by atoms with Gasteiger partial charge < -0.3 is 10.2 Å². The summed E-state index contributed by atoms with van der Waals surface area (Å²) in [6.07, 6.45) is 7.18. The first-order chi connectivity index (χ1) is 14.9. The van der Waals surface area contributed by atoms with Gasteiger partial charge in [0.2, 0.25) is 0 Å². The van der Waals surface area contributed by atoms with Crippen molar-refractivity contribution in [1.29, 1.82) is 0 Å². The van der Waals surface area contributed by atoms with E-state index in [0.717, 1.165) is 38.5 Å². The molecule has 3 N–H and O–H groups in total. The van der Waals surface area contributed by atoms with Crippen molar-refractivity contribution >= 4 is 16.4 Å². The molecule has 0 aromatic rings. The summed E-state index contributed by atoms with van der Waals surface area (Å²) >= 11 is 0. The van der Waals surface area contributed by atoms with Crippen LogP contribution in [0.3, 0.4) is 0 Å². The van der Waals surface area contributed by atoms with Crippen LogP contribution in [-0.4, -0.2) is 41.4 Å². The predicted molar refractivity (Wildman–Crippen MR) is 119 cm³/mol. The molecule has 0 spiro atoms. The van der Waals surface area contributed by atoms with Crippen molar-refractivity contribution in [2.45, 2.75) is 97.2 Å². The first-order valence-corrected chi connectivity index (χ1v) is 13.8. The Morgan fingerprint density at radius 2 is 1.81 bits per heavy atom. The van der Waals surface area contributed by atoms with Crippen LogP contribution in [0.2, 0.25) is 0 Å². The highest BCUT2D eigenvalue weighted by Gasteiger charge is 2.63. The molecule has 0 unspecified atom stereocenters. The Balaban J connectivity index is 1.52. The Labute approximate surface area is 192 Å². The molecule has 8 heteroatoms. The third-order valence-corrected chi connectivity index (χ3v) is 11.1. The molecule has 184 valence electrons. The first kappa shape index (κ1) is 24.4. The highest BCUT2D eigenvalue weighted by atomic mass is 32.3. The third kappa shape index (κ3) is 4.14. The Morgan fingerprint density at radius 1 is 1.09 bits per heavy atom. The fourth-order valence-corrected chi connectivity index (χ4v) is 9.47. The zero-order chi connectivity index (χ0) is 23.5. The molecule has 0 saturated heterocycles. The predicted octanol–water partition coefficient (Wildman–Crippen LogP) is 4.31. The minimum absolute atomic E-state index is 0.0529. The maximum atomic E-state index is 11.5. The maximum Gasteiger partial charge on any atom is 0.397 e. The largest absolute Gasteiger partial charge is 0.481 e. The van der Waals surface area contributed by atoms with E-state index < -0.39 is 28.6 Å². The van der Waals surface area contributed by atoms with Crippen LogP contribution in [0.5, 0.6) is 0 Å². The molecule has 0 aromatic heterocycles. The van der Waals surface area contributed by atoms with Gasteiger partial charge in [0.25, 0.3) is 0 Å². The molecule has 0 aliphatic heterocycles. The smallest absolute Gasteiger partial charge is 0.397 e. The molecule has 4 aliphatic rings. The first-order valence-electron chi connectivity index (χ1n) is 12.4. The van der Waals surface area contributed by atoms with Gasteiger partial charge in [0.05, 0.1) is 12.2 Å². The zero-order valence-corrected chi connectivity index (χ0v) is 20.4. The molecule has 4 rings (SSSR count). The van der Waals surface area contributed by atoms with Crippen molar-refractivity contribution in [3.05, 3.63) is 0 Å². The van der Waals surface area contributed by atoms with Crippen LogP contribution in [0, 0.1) is 46.3 Å². The molecule has 4 aliphatic carbocycles. The Morgan fingerprint density at radius 3 is 2.47 bits per heavy atom. The topological polar surface area (TPSA) is 121 Å². The van der Waals surface area contributed by atoms with Crippen LogP contribution >= 0.6 is 0 Å². The lowest BCUT2D eigenvalue weighted by Gasteiger charge is -2.62. The van der Waals surface area contributed by atoms with Crippen LogP contribution in [0.1, 0.15) is 85.0 Å². The lowest BCUT2D eigenvalue weighted by atomic mass is 9.43. The number of aliphatic hydroxyl groups excluding tert-OH is 1. The van der Waals surface area contributed by atoms with Crippen LogP contribution < -0.4 is 0 Å². The number of rotatable bonds is 6. The second-order valence-electron chi connectivity index (χ2n) is 11.8. The van der Waals surface area contributed by atoms with Gasteiger partial charge in [-0.3, -0.25) is 9.35 Å². The number of aliphatic carboxylic acids is 1. The number of hydrogen-bond donors (Lipinski definition) is 3. The molecule has 10 atom stereocenters. The SMILES string of the molecule is C[C@H](CCC(=O)O)[C@H]1CC[C@H]2[C@@H]3CC[C@@H]4C[C@H](OS(=O)(=O)O)CC[C@]4(C)[C@H]3C[C@H](O)[C@]12C. The third-order valence-electron chi connectivity index (χ3n) is 10.6. The highest BCUT2D eigenvalue weighted by molar-refractivity contribution is 7.80. The van der Waals surface area contributed by atoms with Crippen molar-refractivity contribution in [2.75, 3.05) is 0 Å². The van der Waals surface area contributed by atoms with Crippen LogP contribution in [0.25, 0.3) is 0 Å². The molecule has 7 nitrogen and oxygen atoms in total. The molecule has 0 radical (unpaired) electrons. The van der Waals surface area contributed by atoms with Gasteiger partial charge in [-0.25, -0.2) is 4.18 Å². The molecule has 0 heterocycles. The van der Waals surface area contributed by atoms with Gasteiger partial charge in [-0.2, -0.15) is 8.42 Å². The standard InChI is InChI=1S/C24H40O7S/c1-14(4-9-22(26)27)18-7-8-19-17-6-5-15-12-16(31-32(28,29)30)10-11-23(15,2)20(17)13-21(25)24(18,19)3/h14-21,25H,4-13H2,1-3H3,(H,26,27)(H,28,29,30)/t14-,15-,16-,17+,18-,19+,20+,21+,23+,24-/m1/s1. The quantitative estimate of drug-likeness (QED) is 0.493. The minimum Gasteiger partial charge on any atom is -0.481 e. The number of carboxylic acids is 1. The summed E-state index contributed by atoms with van der Waals surface area (Å²) < 4.78 is 36.5. The number of carboxylic acid groups (broad SMARTS) is 1. The van der Waals surface area contributed by atoms with Crippen LogP contribution in [-0.2, 0) is 19.4 Å². The summed E-state index contributed by atoms with van der Waals surface area (Å²) in [5, 5.41) is 20.7. The van der Waals surface area contributed by atoms with Crippen molar-refractivity contribution in [2.24, 2.45) is 46.3 Å². The summed E-state index contributed by atoms with van der Waals surface area (Å²) in [6, 6.07) is 0. The van der Waals surface area contributed by atoms with Crippen molar-refractivity contribution in [3.63, 3.8) is 0 Å². The normalized spacial score (nSPS) is 47.2. The summed E-state index contributed by atoms with van der Waals surface area (Å²) in [4.78, 5) is 11.1. The van der Waals surface area contributed by atoms with Gasteiger partial charge in [0.15, 0.2) is 0 Å². The second kappa shape index (κ2) is 8.51. The van der Waals surface area contributed by atoms with Gasteiger partial charge in [0.1, 0.15) is 0 Å². The average Bonchev–Trinajstić information content (AvgIpc) is 3.05. The van der Waals surface area contributed by atoms with E-state index in [1.54, 1.807) is 0 Å². The zero-order valence-electron chi connectivity index (χ0n) is 19.6. The molecule has 0 bridgehead atoms. The van der Waals surface area contributed by atoms with Crippen molar-refractivity contribution < 1.29 is 32.2 Å². The number of hydrogen-bond acceptors (Lipinski definition) is 5. The van der Waals surface area contributed by atoms with Crippen molar-refractivity contribution in [3.8, 4) is 0 Å². The number of carbonyl (C=O) groups is 1. The Kier molecular flexibility index (Phi) is 6.49. The highest BCUT2D eigenvalue weighted by Crippen LogP contribution is 2.68. The lowest BCUT2D eigenvalue weighted by molar-refractivity contribution is -0.174. The fourth-order valence-electron chi connectivity index (χ4n) is 8.96. The monoisotopic (exact) mass is 472 g/mol. The van der Waals surface area contributed by atoms with Gasteiger partial charge in [-0.15, -0.1) is 0 Å². The molecule has 4 fully saturated rings. The van der Waals surface area contributed by atoms with E-state index in [-0.39, 0.29) is 23.2 Å². The van der Waals surface area contributed by atoms with Crippen molar-refractivity contribution in [1.82, 2.24) is 0 Å². The van der Waals surface area contributed by atoms with E-state index >= 15 is 0 Å². The molecule has 4 saturated carbocycles. The summed E-state index contributed by atoms with van der Waals surface area (Å²) in [5.74, 6) is 1.65. The molecule has 0 amide bonds. The summed E-state index contributed by atoms with van der Waals surface area (Å²) in [6.45, 7) is 6.75. The minimum atomic E-state index is -4.43. The van der Waals surface area contributed by atoms with Crippen LogP contribution in [0.15, 0.2) is 0 Å². The van der Waals surface area contributed by atoms with Crippen LogP contribution in [0.4, 0.5) is 0 Å². The van der Waals surface area contributed by atoms with Gasteiger partial charge in [-0.1, -0.05) is 20.8 Å². The maximum absolute atomic E-state index is 11.5.